The largest absolute Gasteiger partial charge is 0.481 e. The van der Waals surface area contributed by atoms with Crippen LogP contribution < -0.4 is 5.32 Å². The van der Waals surface area contributed by atoms with Crippen molar-refractivity contribution in [2.45, 2.75) is 58.6 Å². The lowest BCUT2D eigenvalue weighted by atomic mass is 9.99. The first-order valence-corrected chi connectivity index (χ1v) is 5.25. The highest BCUT2D eigenvalue weighted by atomic mass is 16.6. The van der Waals surface area contributed by atoms with Crippen molar-refractivity contribution < 1.29 is 19.4 Å². The average Bonchev–Trinajstić information content (AvgIpc) is 1.95. The summed E-state index contributed by atoms with van der Waals surface area (Å²) in [6.07, 6.45) is -0.146. The molecule has 0 radical (unpaired) electrons. The second-order valence-electron chi connectivity index (χ2n) is 5.40. The lowest BCUT2D eigenvalue weighted by Gasteiger charge is -2.28. The molecule has 0 fully saturated rings. The highest BCUT2D eigenvalue weighted by Crippen LogP contribution is 2.13. The Hall–Kier alpha value is -1.26. The van der Waals surface area contributed by atoms with Crippen molar-refractivity contribution in [2.24, 2.45) is 0 Å². The molecule has 0 saturated heterocycles. The molecule has 0 unspecified atom stereocenters. The van der Waals surface area contributed by atoms with Gasteiger partial charge < -0.3 is 15.2 Å². The van der Waals surface area contributed by atoms with Crippen LogP contribution in [0.15, 0.2) is 0 Å². The van der Waals surface area contributed by atoms with Crippen LogP contribution in [0.4, 0.5) is 4.79 Å². The molecule has 5 nitrogen and oxygen atoms in total. The molecule has 2 N–H and O–H groups in total. The van der Waals surface area contributed by atoms with E-state index in [1.54, 1.807) is 34.6 Å². The van der Waals surface area contributed by atoms with E-state index in [0.717, 1.165) is 0 Å². The molecule has 0 aromatic heterocycles. The molecule has 0 bridgehead atoms. The molecule has 0 spiro atoms. The van der Waals surface area contributed by atoms with Crippen LogP contribution in [0.25, 0.3) is 0 Å². The summed E-state index contributed by atoms with van der Waals surface area (Å²) in [5.41, 5.74) is -1.13. The van der Waals surface area contributed by atoms with Gasteiger partial charge in [-0.3, -0.25) is 4.79 Å². The Labute approximate surface area is 96.2 Å². The van der Waals surface area contributed by atoms with Crippen molar-refractivity contribution in [2.75, 3.05) is 0 Å². The summed E-state index contributed by atoms with van der Waals surface area (Å²) in [6, 6.07) is 0. The lowest BCUT2D eigenvalue weighted by molar-refractivity contribution is -0.137. The molecule has 5 heteroatoms. The van der Waals surface area contributed by atoms with E-state index in [0.29, 0.717) is 6.42 Å². The molecule has 0 aliphatic carbocycles. The highest BCUT2D eigenvalue weighted by Gasteiger charge is 2.24. The number of hydrogen-bond donors (Lipinski definition) is 2. The zero-order chi connectivity index (χ0) is 13.0. The van der Waals surface area contributed by atoms with E-state index in [4.69, 9.17) is 9.84 Å². The zero-order valence-corrected chi connectivity index (χ0v) is 10.6. The monoisotopic (exact) mass is 231 g/mol. The van der Waals surface area contributed by atoms with Gasteiger partial charge in [0.15, 0.2) is 0 Å². The van der Waals surface area contributed by atoms with E-state index in [1.807, 2.05) is 0 Å². The van der Waals surface area contributed by atoms with Crippen molar-refractivity contribution >= 4 is 12.1 Å². The standard InChI is InChI=1S/C11H21NO4/c1-10(2,3)16-9(15)12-11(4,5)7-6-8(13)14/h6-7H2,1-5H3,(H,12,15)(H,13,14). The van der Waals surface area contributed by atoms with E-state index < -0.39 is 23.2 Å². The minimum atomic E-state index is -0.876. The topological polar surface area (TPSA) is 75.6 Å². The number of carbonyl (C=O) groups is 2. The number of alkyl carbamates (subject to hydrolysis) is 1. The Balaban J connectivity index is 4.15. The Morgan fingerprint density at radius 1 is 1.19 bits per heavy atom. The van der Waals surface area contributed by atoms with Crippen LogP contribution in [0.3, 0.4) is 0 Å². The highest BCUT2D eigenvalue weighted by molar-refractivity contribution is 5.69. The number of amides is 1. The van der Waals surface area contributed by atoms with Crippen molar-refractivity contribution in [1.29, 1.82) is 0 Å². The van der Waals surface area contributed by atoms with Gasteiger partial charge in [0, 0.05) is 12.0 Å². The predicted octanol–water partition coefficient (Wildman–Crippen LogP) is 2.15. The molecular formula is C11H21NO4. The normalized spacial score (nSPS) is 12.1. The first-order chi connectivity index (χ1) is 7.02. The van der Waals surface area contributed by atoms with Gasteiger partial charge in [0.25, 0.3) is 0 Å². The molecule has 0 heterocycles. The van der Waals surface area contributed by atoms with Crippen LogP contribution in [0.1, 0.15) is 47.5 Å². The van der Waals surface area contributed by atoms with E-state index in [1.165, 1.54) is 0 Å². The van der Waals surface area contributed by atoms with Gasteiger partial charge in [-0.05, 0) is 41.0 Å². The predicted molar refractivity (Wildman–Crippen MR) is 60.3 cm³/mol. The number of carboxylic acids is 1. The average molecular weight is 231 g/mol. The fraction of sp³-hybridized carbons (Fsp3) is 0.818. The Morgan fingerprint density at radius 3 is 2.06 bits per heavy atom. The molecule has 0 aromatic carbocycles. The molecule has 0 rings (SSSR count). The zero-order valence-electron chi connectivity index (χ0n) is 10.6. The van der Waals surface area contributed by atoms with Crippen molar-refractivity contribution in [3.8, 4) is 0 Å². The molecule has 0 aliphatic heterocycles. The Morgan fingerprint density at radius 2 is 1.69 bits per heavy atom. The van der Waals surface area contributed by atoms with Crippen molar-refractivity contribution in [3.05, 3.63) is 0 Å². The minimum Gasteiger partial charge on any atom is -0.481 e. The molecule has 1 amide bonds. The van der Waals surface area contributed by atoms with Crippen LogP contribution in [0.5, 0.6) is 0 Å². The first kappa shape index (κ1) is 14.7. The van der Waals surface area contributed by atoms with Crippen LogP contribution in [-0.4, -0.2) is 28.3 Å². The maximum atomic E-state index is 11.4. The lowest BCUT2D eigenvalue weighted by Crippen LogP contribution is -2.46. The number of hydrogen-bond acceptors (Lipinski definition) is 3. The number of carboxylic acid groups (broad SMARTS) is 1. The number of nitrogens with one attached hydrogen (secondary N) is 1. The summed E-state index contributed by atoms with van der Waals surface area (Å²) < 4.78 is 5.08. The van der Waals surface area contributed by atoms with E-state index >= 15 is 0 Å². The minimum absolute atomic E-state index is 0.0167. The second kappa shape index (κ2) is 5.18. The molecule has 94 valence electrons. The second-order valence-corrected chi connectivity index (χ2v) is 5.40. The summed E-state index contributed by atoms with van der Waals surface area (Å²) in [6.45, 7) is 8.85. The van der Waals surface area contributed by atoms with Gasteiger partial charge in [0.05, 0.1) is 0 Å². The van der Waals surface area contributed by atoms with Gasteiger partial charge in [0.1, 0.15) is 5.60 Å². The molecular weight excluding hydrogens is 210 g/mol. The van der Waals surface area contributed by atoms with Gasteiger partial charge in [-0.1, -0.05) is 0 Å². The van der Waals surface area contributed by atoms with Crippen LogP contribution >= 0.6 is 0 Å². The first-order valence-electron chi connectivity index (χ1n) is 5.25. The van der Waals surface area contributed by atoms with Crippen molar-refractivity contribution in [1.82, 2.24) is 5.32 Å². The molecule has 0 saturated carbocycles. The van der Waals surface area contributed by atoms with Crippen LogP contribution in [0, 0.1) is 0 Å². The smallest absolute Gasteiger partial charge is 0.408 e. The summed E-state index contributed by atoms with van der Waals surface area (Å²) >= 11 is 0. The molecule has 0 aromatic rings. The third-order valence-corrected chi connectivity index (χ3v) is 1.80. The Kier molecular flexibility index (Phi) is 4.78. The SMILES string of the molecule is CC(C)(CCC(=O)O)NC(=O)OC(C)(C)C. The summed E-state index contributed by atoms with van der Waals surface area (Å²) in [5, 5.41) is 11.2. The maximum absolute atomic E-state index is 11.4. The Bertz CT molecular complexity index is 266. The van der Waals surface area contributed by atoms with E-state index in [2.05, 4.69) is 5.32 Å². The maximum Gasteiger partial charge on any atom is 0.408 e. The molecule has 0 atom stereocenters. The van der Waals surface area contributed by atoms with Gasteiger partial charge in [0.2, 0.25) is 0 Å². The number of ether oxygens (including phenoxy) is 1. The van der Waals surface area contributed by atoms with Crippen molar-refractivity contribution in [3.63, 3.8) is 0 Å². The summed E-state index contributed by atoms with van der Waals surface area (Å²) in [7, 11) is 0. The van der Waals surface area contributed by atoms with Gasteiger partial charge in [-0.15, -0.1) is 0 Å². The van der Waals surface area contributed by atoms with E-state index in [-0.39, 0.29) is 6.42 Å². The quantitative estimate of drug-likeness (QED) is 0.777. The fourth-order valence-corrected chi connectivity index (χ4v) is 1.06. The van der Waals surface area contributed by atoms with E-state index in [9.17, 15) is 9.59 Å². The summed E-state index contributed by atoms with van der Waals surface area (Å²) in [5.74, 6) is -0.876. The van der Waals surface area contributed by atoms with Crippen LogP contribution in [0.2, 0.25) is 0 Å². The number of rotatable bonds is 4. The van der Waals surface area contributed by atoms with Gasteiger partial charge in [-0.2, -0.15) is 0 Å². The third kappa shape index (κ3) is 8.08. The molecule has 16 heavy (non-hydrogen) atoms. The third-order valence-electron chi connectivity index (χ3n) is 1.80. The fourth-order valence-electron chi connectivity index (χ4n) is 1.06. The van der Waals surface area contributed by atoms with Crippen LogP contribution in [-0.2, 0) is 9.53 Å². The number of aliphatic carboxylic acids is 1. The van der Waals surface area contributed by atoms with Gasteiger partial charge in [-0.25, -0.2) is 4.79 Å². The summed E-state index contributed by atoms with van der Waals surface area (Å²) in [4.78, 5) is 21.9. The van der Waals surface area contributed by atoms with Gasteiger partial charge >= 0.3 is 12.1 Å². The molecule has 0 aliphatic rings. The number of carbonyl (C=O) groups excluding carboxylic acids is 1.